The zero-order chi connectivity index (χ0) is 15.5. The highest BCUT2D eigenvalue weighted by Crippen LogP contribution is 2.34. The highest BCUT2D eigenvalue weighted by Gasteiger charge is 2.36. The summed E-state index contributed by atoms with van der Waals surface area (Å²) in [5, 5.41) is 12.7. The van der Waals surface area contributed by atoms with Crippen LogP contribution in [-0.4, -0.2) is 29.3 Å². The van der Waals surface area contributed by atoms with Crippen LogP contribution in [0.5, 0.6) is 5.75 Å². The van der Waals surface area contributed by atoms with Gasteiger partial charge in [0.05, 0.1) is 0 Å². The molecular weight excluding hydrogens is 290 g/mol. The third kappa shape index (κ3) is 4.61. The van der Waals surface area contributed by atoms with Crippen LogP contribution < -0.4 is 10.1 Å². The van der Waals surface area contributed by atoms with Gasteiger partial charge in [-0.05, 0) is 57.2 Å². The number of aliphatic hydroxyl groups is 1. The van der Waals surface area contributed by atoms with Crippen LogP contribution >= 0.6 is 11.6 Å². The van der Waals surface area contributed by atoms with Crippen LogP contribution in [0.3, 0.4) is 0 Å². The van der Waals surface area contributed by atoms with Gasteiger partial charge in [-0.2, -0.15) is 0 Å². The van der Waals surface area contributed by atoms with E-state index in [1.54, 1.807) is 38.1 Å². The fourth-order valence-corrected chi connectivity index (χ4v) is 2.46. The SMILES string of the molecule is CC(C)(Oc1cccc(Cl)c1)C(=O)NC(CCO)C1CC1. The number of carbonyl (C=O) groups is 1. The Labute approximate surface area is 130 Å². The first-order valence-electron chi connectivity index (χ1n) is 7.29. The van der Waals surface area contributed by atoms with Gasteiger partial charge in [-0.3, -0.25) is 4.79 Å². The Bertz CT molecular complexity index is 500. The summed E-state index contributed by atoms with van der Waals surface area (Å²) in [7, 11) is 0. The van der Waals surface area contributed by atoms with Gasteiger partial charge in [0.2, 0.25) is 0 Å². The van der Waals surface area contributed by atoms with Gasteiger partial charge in [0.25, 0.3) is 5.91 Å². The minimum atomic E-state index is -0.993. The van der Waals surface area contributed by atoms with Gasteiger partial charge in [-0.1, -0.05) is 17.7 Å². The minimum absolute atomic E-state index is 0.0322. The first-order chi connectivity index (χ1) is 9.92. The Hall–Kier alpha value is -1.26. The molecule has 1 aliphatic carbocycles. The molecule has 1 fully saturated rings. The van der Waals surface area contributed by atoms with Crippen molar-refractivity contribution in [3.8, 4) is 5.75 Å². The molecule has 116 valence electrons. The predicted molar refractivity (Wildman–Crippen MR) is 82.5 cm³/mol. The number of benzene rings is 1. The van der Waals surface area contributed by atoms with Crippen molar-refractivity contribution in [2.24, 2.45) is 5.92 Å². The van der Waals surface area contributed by atoms with Crippen LogP contribution in [-0.2, 0) is 4.79 Å². The fourth-order valence-electron chi connectivity index (χ4n) is 2.28. The smallest absolute Gasteiger partial charge is 0.263 e. The van der Waals surface area contributed by atoms with E-state index in [0.717, 1.165) is 12.8 Å². The fraction of sp³-hybridized carbons (Fsp3) is 0.562. The molecule has 1 amide bonds. The Balaban J connectivity index is 1.98. The normalized spacial score (nSPS) is 16.4. The third-order valence-electron chi connectivity index (χ3n) is 3.66. The molecule has 1 saturated carbocycles. The number of aliphatic hydroxyl groups excluding tert-OH is 1. The molecule has 1 aromatic carbocycles. The molecule has 0 aromatic heterocycles. The van der Waals surface area contributed by atoms with Crippen LogP contribution in [0, 0.1) is 5.92 Å². The standard InChI is InChI=1S/C16H22ClNO3/c1-16(2,21-13-5-3-4-12(17)10-13)15(20)18-14(8-9-19)11-6-7-11/h3-5,10-11,14,19H,6-9H2,1-2H3,(H,18,20). The Morgan fingerprint density at radius 3 is 2.81 bits per heavy atom. The highest BCUT2D eigenvalue weighted by atomic mass is 35.5. The van der Waals surface area contributed by atoms with Crippen molar-refractivity contribution in [3.05, 3.63) is 29.3 Å². The first kappa shape index (κ1) is 16.1. The van der Waals surface area contributed by atoms with E-state index < -0.39 is 5.60 Å². The lowest BCUT2D eigenvalue weighted by Crippen LogP contribution is -2.50. The molecule has 4 nitrogen and oxygen atoms in total. The predicted octanol–water partition coefficient (Wildman–Crippen LogP) is 2.77. The lowest BCUT2D eigenvalue weighted by Gasteiger charge is -2.28. The van der Waals surface area contributed by atoms with Crippen molar-refractivity contribution in [2.45, 2.75) is 44.8 Å². The van der Waals surface area contributed by atoms with Crippen molar-refractivity contribution in [3.63, 3.8) is 0 Å². The number of halogens is 1. The van der Waals surface area contributed by atoms with Gasteiger partial charge in [0, 0.05) is 17.7 Å². The maximum Gasteiger partial charge on any atom is 0.263 e. The molecule has 1 unspecified atom stereocenters. The Kier molecular flexibility index (Phi) is 5.12. The van der Waals surface area contributed by atoms with Crippen molar-refractivity contribution >= 4 is 17.5 Å². The van der Waals surface area contributed by atoms with Gasteiger partial charge in [-0.25, -0.2) is 0 Å². The second-order valence-electron chi connectivity index (χ2n) is 6.00. The van der Waals surface area contributed by atoms with E-state index in [2.05, 4.69) is 5.32 Å². The molecule has 0 aliphatic heterocycles. The summed E-state index contributed by atoms with van der Waals surface area (Å²) in [6.07, 6.45) is 2.81. The average molecular weight is 312 g/mol. The third-order valence-corrected chi connectivity index (χ3v) is 3.90. The Morgan fingerprint density at radius 1 is 1.52 bits per heavy atom. The number of nitrogens with one attached hydrogen (secondary N) is 1. The lowest BCUT2D eigenvalue weighted by atomic mass is 10.0. The van der Waals surface area contributed by atoms with E-state index >= 15 is 0 Å². The van der Waals surface area contributed by atoms with Crippen molar-refractivity contribution < 1.29 is 14.6 Å². The van der Waals surface area contributed by atoms with Crippen molar-refractivity contribution in [1.82, 2.24) is 5.32 Å². The van der Waals surface area contributed by atoms with Gasteiger partial charge in [-0.15, -0.1) is 0 Å². The molecule has 1 atom stereocenters. The van der Waals surface area contributed by atoms with Gasteiger partial charge >= 0.3 is 0 Å². The number of amides is 1. The summed E-state index contributed by atoms with van der Waals surface area (Å²) in [6, 6.07) is 7.02. The van der Waals surface area contributed by atoms with Gasteiger partial charge in [0.1, 0.15) is 5.75 Å². The topological polar surface area (TPSA) is 58.6 Å². The zero-order valence-electron chi connectivity index (χ0n) is 12.4. The minimum Gasteiger partial charge on any atom is -0.478 e. The zero-order valence-corrected chi connectivity index (χ0v) is 13.2. The van der Waals surface area contributed by atoms with Crippen molar-refractivity contribution in [2.75, 3.05) is 6.61 Å². The van der Waals surface area contributed by atoms with Crippen LogP contribution in [0.15, 0.2) is 24.3 Å². The second kappa shape index (κ2) is 6.67. The molecular formula is C16H22ClNO3. The molecule has 0 heterocycles. The summed E-state index contributed by atoms with van der Waals surface area (Å²) in [4.78, 5) is 12.4. The van der Waals surface area contributed by atoms with E-state index in [9.17, 15) is 4.79 Å². The quantitative estimate of drug-likeness (QED) is 0.814. The van der Waals surface area contributed by atoms with Gasteiger partial charge in [0.15, 0.2) is 5.60 Å². The molecule has 2 N–H and O–H groups in total. The van der Waals surface area contributed by atoms with Crippen LogP contribution in [0.1, 0.15) is 33.1 Å². The molecule has 0 saturated heterocycles. The molecule has 0 bridgehead atoms. The molecule has 0 radical (unpaired) electrons. The maximum absolute atomic E-state index is 12.4. The molecule has 2 rings (SSSR count). The summed E-state index contributed by atoms with van der Waals surface area (Å²) >= 11 is 5.92. The summed E-state index contributed by atoms with van der Waals surface area (Å²) < 4.78 is 5.76. The maximum atomic E-state index is 12.4. The van der Waals surface area contributed by atoms with E-state index in [-0.39, 0.29) is 18.6 Å². The molecule has 1 aromatic rings. The van der Waals surface area contributed by atoms with Gasteiger partial charge < -0.3 is 15.2 Å². The molecule has 0 spiro atoms. The van der Waals surface area contributed by atoms with Crippen LogP contribution in [0.25, 0.3) is 0 Å². The number of hydrogen-bond acceptors (Lipinski definition) is 3. The average Bonchev–Trinajstić information content (AvgIpc) is 3.21. The second-order valence-corrected chi connectivity index (χ2v) is 6.44. The number of ether oxygens (including phenoxy) is 1. The van der Waals surface area contributed by atoms with Crippen molar-refractivity contribution in [1.29, 1.82) is 0 Å². The van der Waals surface area contributed by atoms with E-state index in [1.165, 1.54) is 0 Å². The monoisotopic (exact) mass is 311 g/mol. The molecule has 21 heavy (non-hydrogen) atoms. The summed E-state index contributed by atoms with van der Waals surface area (Å²) in [5.74, 6) is 0.878. The van der Waals surface area contributed by atoms with Crippen LogP contribution in [0.4, 0.5) is 0 Å². The highest BCUT2D eigenvalue weighted by molar-refractivity contribution is 6.30. The molecule has 5 heteroatoms. The van der Waals surface area contributed by atoms with E-state index in [4.69, 9.17) is 21.4 Å². The summed E-state index contributed by atoms with van der Waals surface area (Å²) in [5.41, 5.74) is -0.993. The Morgan fingerprint density at radius 2 is 2.24 bits per heavy atom. The number of carbonyl (C=O) groups excluding carboxylic acids is 1. The number of rotatable bonds is 7. The molecule has 1 aliphatic rings. The first-order valence-corrected chi connectivity index (χ1v) is 7.66. The lowest BCUT2D eigenvalue weighted by molar-refractivity contribution is -0.135. The van der Waals surface area contributed by atoms with E-state index in [1.807, 2.05) is 0 Å². The van der Waals surface area contributed by atoms with Crippen LogP contribution in [0.2, 0.25) is 5.02 Å². The summed E-state index contributed by atoms with van der Waals surface area (Å²) in [6.45, 7) is 3.54. The largest absolute Gasteiger partial charge is 0.478 e. The van der Waals surface area contributed by atoms with E-state index in [0.29, 0.717) is 23.1 Å². The number of hydrogen-bond donors (Lipinski definition) is 2.